The number of rotatable bonds is 5. The van der Waals surface area contributed by atoms with E-state index < -0.39 is 5.91 Å². The predicted molar refractivity (Wildman–Crippen MR) is 65.4 cm³/mol. The highest BCUT2D eigenvalue weighted by Crippen LogP contribution is 2.28. The summed E-state index contributed by atoms with van der Waals surface area (Å²) in [6.45, 7) is 0.707. The highest BCUT2D eigenvalue weighted by atomic mass is 79.9. The number of carbonyl (C=O) groups excluding carboxylic acids is 2. The molecule has 0 aliphatic rings. The van der Waals surface area contributed by atoms with Crippen LogP contribution in [0.3, 0.4) is 0 Å². The van der Waals surface area contributed by atoms with E-state index in [2.05, 4.69) is 21.2 Å². The van der Waals surface area contributed by atoms with Gasteiger partial charge in [0.05, 0.1) is 16.6 Å². The van der Waals surface area contributed by atoms with Crippen LogP contribution in [0, 0.1) is 0 Å². The van der Waals surface area contributed by atoms with Crippen LogP contribution in [0.5, 0.6) is 5.75 Å². The Balaban J connectivity index is 2.92. The molecule has 92 valence electrons. The highest BCUT2D eigenvalue weighted by Gasteiger charge is 2.14. The standard InChI is InChI=1S/C11H12BrNO4/c1-17-3-2-13-11(16)8-4-7(6-14)5-9(12)10(8)15/h4-6,15H,2-3H2,1H3,(H,13,16). The smallest absolute Gasteiger partial charge is 0.255 e. The van der Waals surface area contributed by atoms with Crippen LogP contribution in [0.4, 0.5) is 0 Å². The lowest BCUT2D eigenvalue weighted by Gasteiger charge is -2.08. The molecule has 1 amide bonds. The second-order valence-electron chi connectivity index (χ2n) is 3.27. The predicted octanol–water partition coefficient (Wildman–Crippen LogP) is 1.34. The molecule has 0 saturated heterocycles. The van der Waals surface area contributed by atoms with Gasteiger partial charge in [-0.05, 0) is 28.1 Å². The lowest BCUT2D eigenvalue weighted by atomic mass is 10.1. The van der Waals surface area contributed by atoms with Crippen molar-refractivity contribution < 1.29 is 19.4 Å². The Morgan fingerprint density at radius 1 is 1.59 bits per heavy atom. The van der Waals surface area contributed by atoms with Gasteiger partial charge in [-0.15, -0.1) is 0 Å². The van der Waals surface area contributed by atoms with E-state index >= 15 is 0 Å². The molecule has 17 heavy (non-hydrogen) atoms. The van der Waals surface area contributed by atoms with Crippen molar-refractivity contribution in [1.82, 2.24) is 5.32 Å². The van der Waals surface area contributed by atoms with Crippen molar-refractivity contribution in [2.24, 2.45) is 0 Å². The summed E-state index contributed by atoms with van der Waals surface area (Å²) in [5, 5.41) is 12.2. The maximum atomic E-state index is 11.7. The zero-order valence-corrected chi connectivity index (χ0v) is 10.8. The van der Waals surface area contributed by atoms with Crippen molar-refractivity contribution in [3.05, 3.63) is 27.7 Å². The third kappa shape index (κ3) is 3.54. The van der Waals surface area contributed by atoms with Crippen LogP contribution in [-0.2, 0) is 4.74 Å². The number of nitrogens with one attached hydrogen (secondary N) is 1. The number of halogens is 1. The van der Waals surface area contributed by atoms with Gasteiger partial charge in [-0.25, -0.2) is 0 Å². The van der Waals surface area contributed by atoms with Gasteiger partial charge in [0.15, 0.2) is 0 Å². The lowest BCUT2D eigenvalue weighted by Crippen LogP contribution is -2.27. The Labute approximate surface area is 107 Å². The van der Waals surface area contributed by atoms with Gasteiger partial charge >= 0.3 is 0 Å². The number of aldehydes is 1. The first-order chi connectivity index (χ1) is 8.10. The average molecular weight is 302 g/mol. The third-order valence-electron chi connectivity index (χ3n) is 2.06. The molecule has 0 heterocycles. The van der Waals surface area contributed by atoms with Gasteiger partial charge in [0.2, 0.25) is 0 Å². The summed E-state index contributed by atoms with van der Waals surface area (Å²) in [6.07, 6.45) is 0.607. The van der Waals surface area contributed by atoms with Crippen LogP contribution in [-0.4, -0.2) is 37.6 Å². The molecule has 0 bridgehead atoms. The maximum absolute atomic E-state index is 11.7. The first-order valence-corrected chi connectivity index (χ1v) is 5.64. The molecule has 1 rings (SSSR count). The number of hydrogen-bond acceptors (Lipinski definition) is 4. The fraction of sp³-hybridized carbons (Fsp3) is 0.273. The number of phenolic OH excluding ortho intramolecular Hbond substituents is 1. The molecule has 0 aromatic heterocycles. The Hall–Kier alpha value is -1.40. The monoisotopic (exact) mass is 301 g/mol. The molecule has 1 aromatic rings. The molecule has 0 aliphatic carbocycles. The maximum Gasteiger partial charge on any atom is 0.255 e. The Morgan fingerprint density at radius 2 is 2.29 bits per heavy atom. The average Bonchev–Trinajstić information content (AvgIpc) is 2.32. The molecule has 1 aromatic carbocycles. The molecule has 0 aliphatic heterocycles. The number of ether oxygens (including phenoxy) is 1. The minimum atomic E-state index is -0.455. The summed E-state index contributed by atoms with van der Waals surface area (Å²) >= 11 is 3.07. The molecule has 6 heteroatoms. The minimum absolute atomic E-state index is 0.0533. The van der Waals surface area contributed by atoms with E-state index in [0.29, 0.717) is 29.5 Å². The van der Waals surface area contributed by atoms with Gasteiger partial charge in [-0.2, -0.15) is 0 Å². The van der Waals surface area contributed by atoms with Crippen LogP contribution < -0.4 is 5.32 Å². The summed E-state index contributed by atoms with van der Waals surface area (Å²) in [7, 11) is 1.52. The number of aromatic hydroxyl groups is 1. The fourth-order valence-electron chi connectivity index (χ4n) is 1.22. The van der Waals surface area contributed by atoms with Gasteiger partial charge in [-0.3, -0.25) is 9.59 Å². The Morgan fingerprint density at radius 3 is 2.88 bits per heavy atom. The number of carbonyl (C=O) groups is 2. The minimum Gasteiger partial charge on any atom is -0.506 e. The molecule has 0 spiro atoms. The largest absolute Gasteiger partial charge is 0.506 e. The number of phenols is 1. The Kier molecular flexibility index (Phi) is 5.11. The summed E-state index contributed by atoms with van der Waals surface area (Å²) in [6, 6.07) is 2.77. The van der Waals surface area contributed by atoms with Gasteiger partial charge in [0.25, 0.3) is 5.91 Å². The highest BCUT2D eigenvalue weighted by molar-refractivity contribution is 9.10. The molecule has 5 nitrogen and oxygen atoms in total. The van der Waals surface area contributed by atoms with E-state index in [9.17, 15) is 14.7 Å². The summed E-state index contributed by atoms with van der Waals surface area (Å²) in [5.41, 5.74) is 0.365. The fourth-order valence-corrected chi connectivity index (χ4v) is 1.70. The zero-order chi connectivity index (χ0) is 12.8. The van der Waals surface area contributed by atoms with Crippen molar-refractivity contribution in [1.29, 1.82) is 0 Å². The van der Waals surface area contributed by atoms with E-state index in [-0.39, 0.29) is 11.3 Å². The topological polar surface area (TPSA) is 75.6 Å². The first kappa shape index (κ1) is 13.7. The summed E-state index contributed by atoms with van der Waals surface area (Å²) < 4.78 is 5.09. The van der Waals surface area contributed by atoms with Crippen molar-refractivity contribution in [3.8, 4) is 5.75 Å². The molecule has 0 unspecified atom stereocenters. The normalized spacial score (nSPS) is 10.0. The van der Waals surface area contributed by atoms with Crippen molar-refractivity contribution >= 4 is 28.1 Å². The second kappa shape index (κ2) is 6.36. The molecule has 0 saturated carbocycles. The van der Waals surface area contributed by atoms with Crippen molar-refractivity contribution in [2.75, 3.05) is 20.3 Å². The Bertz CT molecular complexity index is 434. The number of hydrogen-bond donors (Lipinski definition) is 2. The van der Waals surface area contributed by atoms with Crippen molar-refractivity contribution in [3.63, 3.8) is 0 Å². The zero-order valence-electron chi connectivity index (χ0n) is 9.20. The molecular weight excluding hydrogens is 290 g/mol. The van der Waals surface area contributed by atoms with Crippen LogP contribution in [0.1, 0.15) is 20.7 Å². The number of methoxy groups -OCH3 is 1. The first-order valence-electron chi connectivity index (χ1n) is 4.85. The van der Waals surface area contributed by atoms with Crippen molar-refractivity contribution in [2.45, 2.75) is 0 Å². The molecule has 0 fully saturated rings. The molecule has 2 N–H and O–H groups in total. The van der Waals surface area contributed by atoms with Crippen LogP contribution in [0.2, 0.25) is 0 Å². The number of benzene rings is 1. The van der Waals surface area contributed by atoms with Gasteiger partial charge < -0.3 is 15.2 Å². The van der Waals surface area contributed by atoms with Gasteiger partial charge in [0, 0.05) is 19.2 Å². The quantitative estimate of drug-likeness (QED) is 0.636. The van der Waals surface area contributed by atoms with E-state index in [1.807, 2.05) is 0 Å². The lowest BCUT2D eigenvalue weighted by molar-refractivity contribution is 0.0934. The van der Waals surface area contributed by atoms with Crippen LogP contribution in [0.25, 0.3) is 0 Å². The SMILES string of the molecule is COCCNC(=O)c1cc(C=O)cc(Br)c1O. The third-order valence-corrected chi connectivity index (χ3v) is 2.66. The summed E-state index contributed by atoms with van der Waals surface area (Å²) in [4.78, 5) is 22.3. The second-order valence-corrected chi connectivity index (χ2v) is 4.12. The van der Waals surface area contributed by atoms with E-state index in [1.165, 1.54) is 19.2 Å². The summed E-state index contributed by atoms with van der Waals surface area (Å²) in [5.74, 6) is -0.644. The van der Waals surface area contributed by atoms with E-state index in [4.69, 9.17) is 4.74 Å². The van der Waals surface area contributed by atoms with Crippen LogP contribution >= 0.6 is 15.9 Å². The van der Waals surface area contributed by atoms with Crippen LogP contribution in [0.15, 0.2) is 16.6 Å². The molecular formula is C11H12BrNO4. The molecule has 0 atom stereocenters. The van der Waals surface area contributed by atoms with E-state index in [1.54, 1.807) is 0 Å². The van der Waals surface area contributed by atoms with E-state index in [0.717, 1.165) is 0 Å². The number of amides is 1. The van der Waals surface area contributed by atoms with Gasteiger partial charge in [0.1, 0.15) is 12.0 Å². The molecule has 0 radical (unpaired) electrons. The van der Waals surface area contributed by atoms with Gasteiger partial charge in [-0.1, -0.05) is 0 Å².